The molecule has 3 rings (SSSR count). The summed E-state index contributed by atoms with van der Waals surface area (Å²) in [5.74, 6) is 0.685. The van der Waals surface area contributed by atoms with Gasteiger partial charge in [0.15, 0.2) is 11.6 Å². The molecule has 0 unspecified atom stereocenters. The van der Waals surface area contributed by atoms with Gasteiger partial charge in [0.2, 0.25) is 0 Å². The molecule has 0 saturated carbocycles. The number of rotatable bonds is 5. The Bertz CT molecular complexity index is 863. The zero-order valence-corrected chi connectivity index (χ0v) is 15.0. The molecule has 0 aliphatic heterocycles. The van der Waals surface area contributed by atoms with Crippen molar-refractivity contribution in [2.75, 3.05) is 4.90 Å². The zero-order valence-electron chi connectivity index (χ0n) is 14.2. The molecule has 0 aliphatic rings. The fourth-order valence-corrected chi connectivity index (χ4v) is 2.80. The molecule has 0 amide bonds. The summed E-state index contributed by atoms with van der Waals surface area (Å²) in [6.45, 7) is 4.31. The van der Waals surface area contributed by atoms with Crippen LogP contribution in [0, 0.1) is 11.3 Å². The predicted octanol–water partition coefficient (Wildman–Crippen LogP) is 4.50. The molecule has 9 heteroatoms. The van der Waals surface area contributed by atoms with Crippen molar-refractivity contribution in [3.8, 4) is 6.07 Å². The molecule has 6 nitrogen and oxygen atoms in total. The van der Waals surface area contributed by atoms with E-state index in [0.29, 0.717) is 17.2 Å². The smallest absolute Gasteiger partial charge is 0.265 e. The maximum Gasteiger partial charge on any atom is 0.265 e. The summed E-state index contributed by atoms with van der Waals surface area (Å²) in [5.41, 5.74) is -0.224. The summed E-state index contributed by atoms with van der Waals surface area (Å²) in [7, 11) is 0. The van der Waals surface area contributed by atoms with Gasteiger partial charge in [-0.1, -0.05) is 13.8 Å². The van der Waals surface area contributed by atoms with Gasteiger partial charge in [0.1, 0.15) is 10.9 Å². The molecule has 3 aromatic rings. The van der Waals surface area contributed by atoms with Crippen molar-refractivity contribution >= 4 is 23.0 Å². The number of nitriles is 1. The van der Waals surface area contributed by atoms with Gasteiger partial charge < -0.3 is 4.90 Å². The Morgan fingerprint density at radius 2 is 2.00 bits per heavy atom. The number of nitrogens with zero attached hydrogens (tertiary/aromatic N) is 6. The van der Waals surface area contributed by atoms with Gasteiger partial charge in [0.05, 0.1) is 18.9 Å². The molecule has 26 heavy (non-hydrogen) atoms. The summed E-state index contributed by atoms with van der Waals surface area (Å²) in [6.07, 6.45) is 2.91. The summed E-state index contributed by atoms with van der Waals surface area (Å²) in [5, 5.41) is 16.5. The van der Waals surface area contributed by atoms with Crippen LogP contribution in [0.4, 0.5) is 20.4 Å². The molecular formula is C17H16F2N6S. The number of anilines is 2. The van der Waals surface area contributed by atoms with Crippen LogP contribution in [-0.2, 0) is 6.54 Å². The molecule has 0 aromatic carbocycles. The summed E-state index contributed by atoms with van der Waals surface area (Å²) in [4.78, 5) is 11.3. The van der Waals surface area contributed by atoms with Crippen molar-refractivity contribution in [2.24, 2.45) is 0 Å². The lowest BCUT2D eigenvalue weighted by molar-refractivity contribution is 0.151. The third-order valence-electron chi connectivity index (χ3n) is 3.10. The highest BCUT2D eigenvalue weighted by atomic mass is 32.1. The summed E-state index contributed by atoms with van der Waals surface area (Å²) in [6, 6.07) is 6.85. The Morgan fingerprint density at radius 3 is 2.62 bits per heavy atom. The summed E-state index contributed by atoms with van der Waals surface area (Å²) < 4.78 is 25.9. The average Bonchev–Trinajstić information content (AvgIpc) is 3.16. The van der Waals surface area contributed by atoms with E-state index in [1.54, 1.807) is 17.0 Å². The van der Waals surface area contributed by atoms with E-state index < -0.39 is 6.43 Å². The van der Waals surface area contributed by atoms with E-state index in [0.717, 1.165) is 11.1 Å². The second-order valence-electron chi connectivity index (χ2n) is 4.68. The molecule has 0 fully saturated rings. The molecule has 0 bridgehead atoms. The Morgan fingerprint density at radius 1 is 1.19 bits per heavy atom. The second kappa shape index (κ2) is 9.48. The van der Waals surface area contributed by atoms with Crippen molar-refractivity contribution < 1.29 is 8.78 Å². The normalized spacial score (nSPS) is 10.0. The minimum absolute atomic E-state index is 0.224. The van der Waals surface area contributed by atoms with Crippen molar-refractivity contribution in [3.63, 3.8) is 0 Å². The number of halogens is 2. The van der Waals surface area contributed by atoms with Crippen molar-refractivity contribution in [3.05, 3.63) is 58.3 Å². The largest absolute Gasteiger partial charge is 0.303 e. The van der Waals surface area contributed by atoms with Gasteiger partial charge in [-0.15, -0.1) is 16.4 Å². The van der Waals surface area contributed by atoms with Crippen molar-refractivity contribution in [2.45, 2.75) is 26.8 Å². The van der Waals surface area contributed by atoms with Gasteiger partial charge in [-0.2, -0.15) is 10.4 Å². The predicted molar refractivity (Wildman–Crippen MR) is 95.2 cm³/mol. The molecule has 0 atom stereocenters. The van der Waals surface area contributed by atoms with E-state index in [4.69, 9.17) is 5.26 Å². The average molecular weight is 374 g/mol. The van der Waals surface area contributed by atoms with E-state index in [9.17, 15) is 8.78 Å². The summed E-state index contributed by atoms with van der Waals surface area (Å²) >= 11 is 1.31. The topological polar surface area (TPSA) is 78.6 Å². The lowest BCUT2D eigenvalue weighted by Gasteiger charge is -2.21. The SMILES string of the molecule is CC.N#Cc1ccc(CN(c2cnccn2)c2cc(C(F)F)cnn2)s1. The highest BCUT2D eigenvalue weighted by molar-refractivity contribution is 7.12. The Kier molecular flexibility index (Phi) is 7.05. The van der Waals surface area contributed by atoms with Gasteiger partial charge in [-0.25, -0.2) is 13.8 Å². The van der Waals surface area contributed by atoms with E-state index in [1.807, 2.05) is 13.8 Å². The highest BCUT2D eigenvalue weighted by Crippen LogP contribution is 2.28. The molecule has 0 N–H and O–H groups in total. The molecule has 0 spiro atoms. The van der Waals surface area contributed by atoms with Crippen molar-refractivity contribution in [1.29, 1.82) is 5.26 Å². The van der Waals surface area contributed by atoms with Gasteiger partial charge in [-0.3, -0.25) is 4.98 Å². The third kappa shape index (κ3) is 4.77. The third-order valence-corrected chi connectivity index (χ3v) is 4.08. The maximum atomic E-state index is 12.9. The van der Waals surface area contributed by atoms with Crippen LogP contribution in [0.15, 0.2) is 43.0 Å². The first-order valence-electron chi connectivity index (χ1n) is 7.80. The number of alkyl halides is 2. The maximum absolute atomic E-state index is 12.9. The molecule has 3 heterocycles. The molecule has 3 aromatic heterocycles. The molecule has 0 aliphatic carbocycles. The lowest BCUT2D eigenvalue weighted by atomic mass is 10.3. The Balaban J connectivity index is 0.00000117. The van der Waals surface area contributed by atoms with Crippen LogP contribution in [0.25, 0.3) is 0 Å². The minimum atomic E-state index is -2.64. The van der Waals surface area contributed by atoms with E-state index in [2.05, 4.69) is 26.2 Å². The van der Waals surface area contributed by atoms with Crippen LogP contribution >= 0.6 is 11.3 Å². The fraction of sp³-hybridized carbons (Fsp3) is 0.235. The van der Waals surface area contributed by atoms with Crippen LogP contribution in [0.2, 0.25) is 0 Å². The molecular weight excluding hydrogens is 358 g/mol. The van der Waals surface area contributed by atoms with Crippen LogP contribution in [0.1, 0.15) is 35.6 Å². The first kappa shape index (κ1) is 19.3. The standard InChI is InChI=1S/C15H10F2N6S.C2H6/c16-15(17)10-5-13(22-21-7-10)23(14-8-19-3-4-20-14)9-12-2-1-11(6-18)24-12;1-2/h1-5,7-8,15H,9H2;1-2H3. The van der Waals surface area contributed by atoms with Gasteiger partial charge in [0, 0.05) is 22.8 Å². The van der Waals surface area contributed by atoms with Crippen LogP contribution < -0.4 is 4.90 Å². The quantitative estimate of drug-likeness (QED) is 0.654. The second-order valence-corrected chi connectivity index (χ2v) is 5.84. The van der Waals surface area contributed by atoms with Crippen LogP contribution in [0.5, 0.6) is 0 Å². The van der Waals surface area contributed by atoms with Crippen LogP contribution in [0.3, 0.4) is 0 Å². The van der Waals surface area contributed by atoms with E-state index >= 15 is 0 Å². The molecule has 134 valence electrons. The van der Waals surface area contributed by atoms with Gasteiger partial charge >= 0.3 is 0 Å². The first-order chi connectivity index (χ1) is 12.7. The monoisotopic (exact) mass is 374 g/mol. The Labute approximate surface area is 153 Å². The van der Waals surface area contributed by atoms with E-state index in [-0.39, 0.29) is 11.4 Å². The molecule has 0 saturated heterocycles. The number of hydrogen-bond donors (Lipinski definition) is 0. The Hall–Kier alpha value is -2.99. The van der Waals surface area contributed by atoms with Gasteiger partial charge in [0.25, 0.3) is 6.43 Å². The molecule has 0 radical (unpaired) electrons. The zero-order chi connectivity index (χ0) is 18.9. The number of thiophene rings is 1. The van der Waals surface area contributed by atoms with E-state index in [1.165, 1.54) is 36.0 Å². The first-order valence-corrected chi connectivity index (χ1v) is 8.62. The highest BCUT2D eigenvalue weighted by Gasteiger charge is 2.17. The number of hydrogen-bond acceptors (Lipinski definition) is 7. The van der Waals surface area contributed by atoms with Crippen LogP contribution in [-0.4, -0.2) is 20.2 Å². The fourth-order valence-electron chi connectivity index (χ4n) is 2.01. The minimum Gasteiger partial charge on any atom is -0.303 e. The number of aromatic nitrogens is 4. The van der Waals surface area contributed by atoms with Gasteiger partial charge in [-0.05, 0) is 18.2 Å². The van der Waals surface area contributed by atoms with Crippen molar-refractivity contribution in [1.82, 2.24) is 20.2 Å². The lowest BCUT2D eigenvalue weighted by Crippen LogP contribution is -2.19.